The van der Waals surface area contributed by atoms with Gasteiger partial charge in [0, 0.05) is 11.6 Å². The fraction of sp³-hybridized carbons (Fsp3) is 0.538. The first-order chi connectivity index (χ1) is 7.09. The predicted molar refractivity (Wildman–Crippen MR) is 61.2 cm³/mol. The molecule has 3 fully saturated rings. The minimum atomic E-state index is 0.258. The van der Waals surface area contributed by atoms with Crippen molar-refractivity contribution in [3.8, 4) is 0 Å². The summed E-state index contributed by atoms with van der Waals surface area (Å²) in [5.41, 5.74) is 3.08. The molecule has 0 aliphatic heterocycles. The molecule has 1 nitrogen and oxygen atoms in total. The standard InChI is InChI=1S/C13H15ClO/c1-9-2-3-10(11(14)4-9)13-5-12(6-13,7-13)8-15/h2-4,15H,5-8H2,1H3. The van der Waals surface area contributed by atoms with Crippen molar-refractivity contribution in [3.63, 3.8) is 0 Å². The van der Waals surface area contributed by atoms with E-state index in [4.69, 9.17) is 11.6 Å². The minimum absolute atomic E-state index is 0.258. The topological polar surface area (TPSA) is 20.2 Å². The van der Waals surface area contributed by atoms with E-state index >= 15 is 0 Å². The smallest absolute Gasteiger partial charge is 0.0488 e. The zero-order valence-electron chi connectivity index (χ0n) is 8.89. The molecule has 0 atom stereocenters. The molecule has 0 radical (unpaired) electrons. The fourth-order valence-corrected chi connectivity index (χ4v) is 3.94. The van der Waals surface area contributed by atoms with Crippen LogP contribution < -0.4 is 0 Å². The van der Waals surface area contributed by atoms with E-state index < -0.39 is 0 Å². The summed E-state index contributed by atoms with van der Waals surface area (Å²) in [6.45, 7) is 2.41. The Labute approximate surface area is 95.1 Å². The summed E-state index contributed by atoms with van der Waals surface area (Å²) in [7, 11) is 0. The van der Waals surface area contributed by atoms with E-state index in [2.05, 4.69) is 19.1 Å². The van der Waals surface area contributed by atoms with E-state index in [0.29, 0.717) is 12.0 Å². The molecule has 15 heavy (non-hydrogen) atoms. The van der Waals surface area contributed by atoms with E-state index in [1.165, 1.54) is 11.1 Å². The highest BCUT2D eigenvalue weighted by molar-refractivity contribution is 6.31. The quantitative estimate of drug-likeness (QED) is 0.816. The number of benzene rings is 1. The van der Waals surface area contributed by atoms with Crippen molar-refractivity contribution in [1.82, 2.24) is 0 Å². The first-order valence-electron chi connectivity index (χ1n) is 5.47. The molecule has 0 aromatic heterocycles. The Balaban J connectivity index is 1.91. The molecule has 0 heterocycles. The molecule has 2 heteroatoms. The monoisotopic (exact) mass is 222 g/mol. The van der Waals surface area contributed by atoms with Crippen molar-refractivity contribution < 1.29 is 5.11 Å². The average molecular weight is 223 g/mol. The second-order valence-corrected chi connectivity index (χ2v) is 5.86. The van der Waals surface area contributed by atoms with E-state index in [1.54, 1.807) is 0 Å². The van der Waals surface area contributed by atoms with Crippen LogP contribution in [-0.4, -0.2) is 11.7 Å². The van der Waals surface area contributed by atoms with Crippen molar-refractivity contribution in [2.45, 2.75) is 31.6 Å². The zero-order valence-corrected chi connectivity index (χ0v) is 9.64. The molecule has 0 amide bonds. The van der Waals surface area contributed by atoms with Gasteiger partial charge < -0.3 is 5.11 Å². The van der Waals surface area contributed by atoms with Gasteiger partial charge in [-0.2, -0.15) is 0 Å². The van der Waals surface area contributed by atoms with Crippen LogP contribution in [0.25, 0.3) is 0 Å². The van der Waals surface area contributed by atoms with Crippen molar-refractivity contribution in [2.75, 3.05) is 6.61 Å². The lowest BCUT2D eigenvalue weighted by Gasteiger charge is -2.70. The van der Waals surface area contributed by atoms with Crippen LogP contribution in [0.15, 0.2) is 18.2 Å². The zero-order chi connectivity index (χ0) is 10.7. The minimum Gasteiger partial charge on any atom is -0.396 e. The lowest BCUT2D eigenvalue weighted by molar-refractivity contribution is -0.167. The molecule has 0 saturated heterocycles. The molecule has 0 spiro atoms. The van der Waals surface area contributed by atoms with Crippen molar-refractivity contribution in [3.05, 3.63) is 34.3 Å². The highest BCUT2D eigenvalue weighted by Crippen LogP contribution is 2.73. The van der Waals surface area contributed by atoms with Gasteiger partial charge in [-0.05, 0) is 54.2 Å². The number of halogens is 1. The Morgan fingerprint density at radius 3 is 2.53 bits per heavy atom. The van der Waals surface area contributed by atoms with Gasteiger partial charge in [-0.25, -0.2) is 0 Å². The van der Waals surface area contributed by atoms with Gasteiger partial charge in [-0.1, -0.05) is 23.7 Å². The van der Waals surface area contributed by atoms with Gasteiger partial charge in [-0.3, -0.25) is 0 Å². The molecule has 4 rings (SSSR count). The summed E-state index contributed by atoms with van der Waals surface area (Å²) in [4.78, 5) is 0. The first-order valence-corrected chi connectivity index (χ1v) is 5.85. The fourth-order valence-electron chi connectivity index (χ4n) is 3.50. The van der Waals surface area contributed by atoms with Crippen molar-refractivity contribution >= 4 is 11.6 Å². The number of hydrogen-bond acceptors (Lipinski definition) is 1. The third-order valence-electron chi connectivity index (χ3n) is 4.17. The maximum Gasteiger partial charge on any atom is 0.0488 e. The second kappa shape index (κ2) is 2.78. The van der Waals surface area contributed by atoms with Crippen LogP contribution in [0.1, 0.15) is 30.4 Å². The average Bonchev–Trinajstić information content (AvgIpc) is 2.04. The molecule has 1 aromatic rings. The van der Waals surface area contributed by atoms with E-state index in [9.17, 15) is 5.11 Å². The van der Waals surface area contributed by atoms with Crippen LogP contribution in [0.5, 0.6) is 0 Å². The van der Waals surface area contributed by atoms with Crippen molar-refractivity contribution in [1.29, 1.82) is 0 Å². The summed E-state index contributed by atoms with van der Waals surface area (Å²) >= 11 is 6.28. The van der Waals surface area contributed by atoms with E-state index in [-0.39, 0.29) is 5.41 Å². The van der Waals surface area contributed by atoms with E-state index in [0.717, 1.165) is 24.3 Å². The van der Waals surface area contributed by atoms with Crippen molar-refractivity contribution in [2.24, 2.45) is 5.41 Å². The Kier molecular flexibility index (Phi) is 1.79. The molecule has 1 aromatic carbocycles. The van der Waals surface area contributed by atoms with Gasteiger partial charge >= 0.3 is 0 Å². The first kappa shape index (κ1) is 9.68. The Hall–Kier alpha value is -0.530. The Morgan fingerprint density at radius 1 is 1.33 bits per heavy atom. The number of aliphatic hydroxyl groups is 1. The van der Waals surface area contributed by atoms with Crippen LogP contribution in [0, 0.1) is 12.3 Å². The lowest BCUT2D eigenvalue weighted by atomic mass is 9.34. The Morgan fingerprint density at radius 2 is 2.00 bits per heavy atom. The number of hydrogen-bond donors (Lipinski definition) is 1. The summed E-state index contributed by atoms with van der Waals surface area (Å²) in [6.07, 6.45) is 3.37. The molecule has 3 aliphatic rings. The van der Waals surface area contributed by atoms with Gasteiger partial charge in [0.25, 0.3) is 0 Å². The molecule has 3 saturated carbocycles. The van der Waals surface area contributed by atoms with Crippen LogP contribution >= 0.6 is 11.6 Å². The number of aliphatic hydroxyl groups excluding tert-OH is 1. The van der Waals surface area contributed by atoms with Crippen LogP contribution in [0.3, 0.4) is 0 Å². The maximum absolute atomic E-state index is 9.22. The molecular weight excluding hydrogens is 208 g/mol. The molecule has 1 N–H and O–H groups in total. The number of rotatable bonds is 2. The maximum atomic E-state index is 9.22. The third kappa shape index (κ3) is 1.14. The molecule has 2 bridgehead atoms. The van der Waals surface area contributed by atoms with Gasteiger partial charge in [0.05, 0.1) is 0 Å². The van der Waals surface area contributed by atoms with Crippen LogP contribution in [-0.2, 0) is 5.41 Å². The lowest BCUT2D eigenvalue weighted by Crippen LogP contribution is -2.66. The Bertz CT molecular complexity index is 405. The highest BCUT2D eigenvalue weighted by Gasteiger charge is 2.68. The largest absolute Gasteiger partial charge is 0.396 e. The molecule has 80 valence electrons. The second-order valence-electron chi connectivity index (χ2n) is 5.45. The summed E-state index contributed by atoms with van der Waals surface area (Å²) in [5.74, 6) is 0. The summed E-state index contributed by atoms with van der Waals surface area (Å²) < 4.78 is 0. The number of aryl methyl sites for hydroxylation is 1. The summed E-state index contributed by atoms with van der Waals surface area (Å²) in [5, 5.41) is 10.1. The summed E-state index contributed by atoms with van der Waals surface area (Å²) in [6, 6.07) is 6.34. The van der Waals surface area contributed by atoms with Gasteiger partial charge in [0.15, 0.2) is 0 Å². The predicted octanol–water partition coefficient (Wildman–Crippen LogP) is 3.06. The van der Waals surface area contributed by atoms with Gasteiger partial charge in [-0.15, -0.1) is 0 Å². The highest BCUT2D eigenvalue weighted by atomic mass is 35.5. The van der Waals surface area contributed by atoms with Gasteiger partial charge in [0.1, 0.15) is 0 Å². The SMILES string of the molecule is Cc1ccc(C23CC(CO)(C2)C3)c(Cl)c1. The van der Waals surface area contributed by atoms with Crippen LogP contribution in [0.2, 0.25) is 5.02 Å². The molecular formula is C13H15ClO. The van der Waals surface area contributed by atoms with E-state index in [1.807, 2.05) is 6.07 Å². The third-order valence-corrected chi connectivity index (χ3v) is 4.48. The van der Waals surface area contributed by atoms with Gasteiger partial charge in [0.2, 0.25) is 0 Å². The molecule has 0 unspecified atom stereocenters. The van der Waals surface area contributed by atoms with Crippen LogP contribution in [0.4, 0.5) is 0 Å². The molecule has 3 aliphatic carbocycles. The normalized spacial score (nSPS) is 37.0.